The number of hydrogen-bond acceptors (Lipinski definition) is 4. The number of carbonyl (C=O) groups is 3. The van der Waals surface area contributed by atoms with Crippen molar-refractivity contribution in [3.63, 3.8) is 0 Å². The zero-order valence-corrected chi connectivity index (χ0v) is 18.9. The highest BCUT2D eigenvalue weighted by Crippen LogP contribution is 2.38. The Bertz CT molecular complexity index is 1350. The average Bonchev–Trinajstić information content (AvgIpc) is 2.84. The average molecular weight is 546 g/mol. The summed E-state index contributed by atoms with van der Waals surface area (Å²) in [6, 6.07) is 11.2. The van der Waals surface area contributed by atoms with Crippen LogP contribution < -0.4 is 10.6 Å². The first-order chi connectivity index (χ1) is 17.3. The lowest BCUT2D eigenvalue weighted by Crippen LogP contribution is -2.21. The fourth-order valence-corrected chi connectivity index (χ4v) is 3.71. The van der Waals surface area contributed by atoms with Gasteiger partial charge in [0.2, 0.25) is 5.91 Å². The van der Waals surface area contributed by atoms with Crippen LogP contribution in [0.4, 0.5) is 42.1 Å². The van der Waals surface area contributed by atoms with Gasteiger partial charge in [-0.15, -0.1) is 11.8 Å². The van der Waals surface area contributed by atoms with E-state index < -0.39 is 64.2 Å². The van der Waals surface area contributed by atoms with Gasteiger partial charge in [-0.25, -0.2) is 22.4 Å². The van der Waals surface area contributed by atoms with Crippen LogP contribution in [0.5, 0.6) is 0 Å². The van der Waals surface area contributed by atoms with Crippen LogP contribution in [0.2, 0.25) is 0 Å². The number of benzene rings is 3. The first-order valence-corrected chi connectivity index (χ1v) is 10.9. The molecule has 0 aliphatic heterocycles. The monoisotopic (exact) mass is 546 g/mol. The number of rotatable bonds is 7. The van der Waals surface area contributed by atoms with Gasteiger partial charge in [0.15, 0.2) is 23.3 Å². The highest BCUT2D eigenvalue weighted by atomic mass is 32.2. The normalized spacial score (nSPS) is 11.2. The second-order valence-electron chi connectivity index (χ2n) is 7.17. The molecule has 0 fully saturated rings. The minimum Gasteiger partial charge on any atom is -0.478 e. The molecule has 14 heteroatoms. The Morgan fingerprint density at radius 2 is 1.32 bits per heavy atom. The lowest BCUT2D eigenvalue weighted by Gasteiger charge is -2.14. The van der Waals surface area contributed by atoms with Gasteiger partial charge in [-0.3, -0.25) is 9.59 Å². The van der Waals surface area contributed by atoms with Crippen molar-refractivity contribution in [2.24, 2.45) is 0 Å². The molecule has 0 atom stereocenters. The maximum absolute atomic E-state index is 13.9. The zero-order valence-electron chi connectivity index (χ0n) is 18.1. The summed E-state index contributed by atoms with van der Waals surface area (Å²) in [4.78, 5) is 36.0. The van der Waals surface area contributed by atoms with E-state index in [0.29, 0.717) is 4.90 Å². The summed E-state index contributed by atoms with van der Waals surface area (Å²) in [6.07, 6.45) is -5.71. The first kappa shape index (κ1) is 27.5. The number of hydrogen-bond donors (Lipinski definition) is 3. The number of anilines is 2. The molecule has 0 bridgehead atoms. The van der Waals surface area contributed by atoms with Crippen LogP contribution in [-0.2, 0) is 11.0 Å². The van der Waals surface area contributed by atoms with Gasteiger partial charge >= 0.3 is 12.1 Å². The highest BCUT2D eigenvalue weighted by Gasteiger charge is 2.42. The van der Waals surface area contributed by atoms with E-state index in [2.05, 4.69) is 5.32 Å². The molecule has 0 spiro atoms. The second kappa shape index (κ2) is 10.9. The predicted molar refractivity (Wildman–Crippen MR) is 118 cm³/mol. The molecular weight excluding hydrogens is 533 g/mol. The van der Waals surface area contributed by atoms with Gasteiger partial charge in [0, 0.05) is 10.6 Å². The van der Waals surface area contributed by atoms with E-state index in [1.165, 1.54) is 53.8 Å². The molecule has 0 aromatic heterocycles. The molecule has 3 aromatic rings. The fraction of sp³-hybridized carbons (Fsp3) is 0.0870. The van der Waals surface area contributed by atoms with Crippen LogP contribution in [0, 0.1) is 23.3 Å². The summed E-state index contributed by atoms with van der Waals surface area (Å²) in [6.45, 7) is 0. The second-order valence-corrected chi connectivity index (χ2v) is 8.22. The zero-order chi connectivity index (χ0) is 27.5. The Morgan fingerprint density at radius 1 is 0.784 bits per heavy atom. The van der Waals surface area contributed by atoms with Crippen LogP contribution in [-0.4, -0.2) is 28.6 Å². The standard InChI is InChI=1S/C23H13F7N2O4S/c24-16-15(23(28,29)30)17(25)19(27)20(18(16)26)32-14(33)9-37-11-7-5-10(6-8-11)31-21(34)12-3-1-2-4-13(12)22(35)36/h1-8H,9H2,(H,31,34)(H,32,33)(H,35,36). The number of carboxylic acid groups (broad SMARTS) is 1. The van der Waals surface area contributed by atoms with Gasteiger partial charge in [-0.2, -0.15) is 13.2 Å². The fourth-order valence-electron chi connectivity index (χ4n) is 3.02. The number of thioether (sulfide) groups is 1. The topological polar surface area (TPSA) is 95.5 Å². The van der Waals surface area contributed by atoms with E-state index in [4.69, 9.17) is 0 Å². The molecule has 194 valence electrons. The molecule has 0 heterocycles. The number of aromatic carboxylic acids is 1. The molecule has 0 saturated carbocycles. The van der Waals surface area contributed by atoms with Crippen molar-refractivity contribution in [1.29, 1.82) is 0 Å². The van der Waals surface area contributed by atoms with E-state index in [9.17, 15) is 50.2 Å². The van der Waals surface area contributed by atoms with Crippen molar-refractivity contribution >= 4 is 40.9 Å². The van der Waals surface area contributed by atoms with Crippen molar-refractivity contribution in [2.75, 3.05) is 16.4 Å². The molecule has 3 rings (SSSR count). The van der Waals surface area contributed by atoms with Gasteiger partial charge in [-0.1, -0.05) is 12.1 Å². The molecule has 0 aliphatic carbocycles. The molecule has 3 N–H and O–H groups in total. The summed E-state index contributed by atoms with van der Waals surface area (Å²) < 4.78 is 93.2. The summed E-state index contributed by atoms with van der Waals surface area (Å²) in [5, 5.41) is 13.2. The van der Waals surface area contributed by atoms with Crippen molar-refractivity contribution in [3.05, 3.63) is 88.5 Å². The molecule has 37 heavy (non-hydrogen) atoms. The summed E-state index contributed by atoms with van der Waals surface area (Å²) in [7, 11) is 0. The third kappa shape index (κ3) is 6.20. The molecular formula is C23H13F7N2O4S. The molecule has 6 nitrogen and oxygen atoms in total. The number of halogens is 7. The van der Waals surface area contributed by atoms with Crippen LogP contribution in [0.3, 0.4) is 0 Å². The first-order valence-electron chi connectivity index (χ1n) is 9.90. The van der Waals surface area contributed by atoms with E-state index >= 15 is 0 Å². The van der Waals surface area contributed by atoms with Gasteiger partial charge in [0.05, 0.1) is 16.9 Å². The minimum absolute atomic E-state index is 0.0827. The number of amides is 2. The van der Waals surface area contributed by atoms with E-state index in [0.717, 1.165) is 11.8 Å². The summed E-state index contributed by atoms with van der Waals surface area (Å²) >= 11 is 0.791. The quantitative estimate of drug-likeness (QED) is 0.194. The maximum Gasteiger partial charge on any atom is 0.422 e. The number of carbonyl (C=O) groups excluding carboxylic acids is 2. The lowest BCUT2D eigenvalue weighted by atomic mass is 10.1. The number of carboxylic acids is 1. The smallest absolute Gasteiger partial charge is 0.422 e. The Morgan fingerprint density at radius 3 is 1.84 bits per heavy atom. The SMILES string of the molecule is O=C(CSc1ccc(NC(=O)c2ccccc2C(=O)O)cc1)Nc1c(F)c(F)c(C(F)(F)F)c(F)c1F. The third-order valence-electron chi connectivity index (χ3n) is 4.70. The minimum atomic E-state index is -5.71. The van der Waals surface area contributed by atoms with Gasteiger partial charge in [0.25, 0.3) is 5.91 Å². The van der Waals surface area contributed by atoms with Crippen LogP contribution in [0.15, 0.2) is 53.4 Å². The van der Waals surface area contributed by atoms with E-state index in [1.54, 1.807) is 0 Å². The lowest BCUT2D eigenvalue weighted by molar-refractivity contribution is -0.143. The van der Waals surface area contributed by atoms with Gasteiger partial charge in [-0.05, 0) is 36.4 Å². The van der Waals surface area contributed by atoms with Crippen LogP contribution >= 0.6 is 11.8 Å². The molecule has 0 unspecified atom stereocenters. The largest absolute Gasteiger partial charge is 0.478 e. The van der Waals surface area contributed by atoms with Gasteiger partial charge < -0.3 is 15.7 Å². The van der Waals surface area contributed by atoms with Crippen LogP contribution in [0.25, 0.3) is 0 Å². The summed E-state index contributed by atoms with van der Waals surface area (Å²) in [5.41, 5.74) is -4.49. The van der Waals surface area contributed by atoms with E-state index in [1.807, 2.05) is 0 Å². The Hall–Kier alpha value is -4.07. The molecule has 0 aliphatic rings. The Labute approximate surface area is 207 Å². The van der Waals surface area contributed by atoms with Crippen molar-refractivity contribution < 1.29 is 50.2 Å². The predicted octanol–water partition coefficient (Wildman–Crippen LogP) is 5.94. The van der Waals surface area contributed by atoms with E-state index in [-0.39, 0.29) is 16.8 Å². The van der Waals surface area contributed by atoms with Crippen molar-refractivity contribution in [2.45, 2.75) is 11.1 Å². The Kier molecular flexibility index (Phi) is 8.11. The Balaban J connectivity index is 1.65. The highest BCUT2D eigenvalue weighted by molar-refractivity contribution is 8.00. The third-order valence-corrected chi connectivity index (χ3v) is 5.71. The molecule has 2 amide bonds. The number of alkyl halides is 3. The summed E-state index contributed by atoms with van der Waals surface area (Å²) in [5.74, 6) is -13.9. The number of nitrogens with one attached hydrogen (secondary N) is 2. The maximum atomic E-state index is 13.9. The molecule has 0 radical (unpaired) electrons. The van der Waals surface area contributed by atoms with Crippen molar-refractivity contribution in [1.82, 2.24) is 0 Å². The van der Waals surface area contributed by atoms with Crippen molar-refractivity contribution in [3.8, 4) is 0 Å². The molecule has 3 aromatic carbocycles. The van der Waals surface area contributed by atoms with Gasteiger partial charge in [0.1, 0.15) is 11.3 Å². The van der Waals surface area contributed by atoms with Crippen LogP contribution in [0.1, 0.15) is 26.3 Å². The molecule has 0 saturated heterocycles.